The second-order valence-electron chi connectivity index (χ2n) is 4.80. The molecule has 2 aromatic rings. The molecule has 0 fully saturated rings. The minimum absolute atomic E-state index is 0.0698. The van der Waals surface area contributed by atoms with Crippen molar-refractivity contribution >= 4 is 0 Å². The number of nitrogens with zero attached hydrogens (tertiary/aromatic N) is 3. The molecule has 0 aliphatic rings. The predicted octanol–water partition coefficient (Wildman–Crippen LogP) is 3.60. The van der Waals surface area contributed by atoms with Crippen LogP contribution in [-0.2, 0) is 12.6 Å². The van der Waals surface area contributed by atoms with Crippen molar-refractivity contribution in [1.29, 1.82) is 0 Å². The molecule has 0 aliphatic heterocycles. The van der Waals surface area contributed by atoms with Gasteiger partial charge in [0.05, 0.1) is 17.0 Å². The van der Waals surface area contributed by atoms with E-state index < -0.39 is 11.7 Å². The SMILES string of the molecule is CC(C)c1ncc(Cc2cnccn2)cc1C(F)(F)F. The molecule has 0 atom stereocenters. The largest absolute Gasteiger partial charge is 0.418 e. The van der Waals surface area contributed by atoms with E-state index in [9.17, 15) is 13.2 Å². The van der Waals surface area contributed by atoms with E-state index >= 15 is 0 Å². The number of hydrogen-bond donors (Lipinski definition) is 0. The van der Waals surface area contributed by atoms with Gasteiger partial charge in [-0.2, -0.15) is 13.2 Å². The molecule has 0 amide bonds. The molecule has 2 rings (SSSR count). The topological polar surface area (TPSA) is 38.7 Å². The summed E-state index contributed by atoms with van der Waals surface area (Å²) in [4.78, 5) is 11.9. The van der Waals surface area contributed by atoms with Gasteiger partial charge in [-0.25, -0.2) is 0 Å². The average Bonchev–Trinajstić information content (AvgIpc) is 2.38. The van der Waals surface area contributed by atoms with Crippen LogP contribution in [0.25, 0.3) is 0 Å². The number of halogens is 3. The van der Waals surface area contributed by atoms with Gasteiger partial charge >= 0.3 is 6.18 Å². The lowest BCUT2D eigenvalue weighted by molar-refractivity contribution is -0.138. The average molecular weight is 281 g/mol. The minimum atomic E-state index is -4.40. The van der Waals surface area contributed by atoms with Gasteiger partial charge in [0.25, 0.3) is 0 Å². The van der Waals surface area contributed by atoms with Crippen LogP contribution >= 0.6 is 0 Å². The molecular weight excluding hydrogens is 267 g/mol. The standard InChI is InChI=1S/C14H14F3N3/c1-9(2)13-12(14(15,16)17)6-10(7-20-13)5-11-8-18-3-4-19-11/h3-4,6-9H,5H2,1-2H3. The van der Waals surface area contributed by atoms with Gasteiger partial charge in [0.2, 0.25) is 0 Å². The van der Waals surface area contributed by atoms with Gasteiger partial charge in [0.15, 0.2) is 0 Å². The first kappa shape index (κ1) is 14.4. The first-order chi connectivity index (χ1) is 9.38. The molecule has 2 heterocycles. The van der Waals surface area contributed by atoms with Crippen molar-refractivity contribution in [2.45, 2.75) is 32.4 Å². The number of alkyl halides is 3. The molecule has 0 radical (unpaired) electrons. The molecule has 0 saturated carbocycles. The first-order valence-electron chi connectivity index (χ1n) is 6.19. The van der Waals surface area contributed by atoms with E-state index in [1.165, 1.54) is 24.8 Å². The molecule has 0 unspecified atom stereocenters. The van der Waals surface area contributed by atoms with Crippen molar-refractivity contribution in [3.8, 4) is 0 Å². The van der Waals surface area contributed by atoms with Gasteiger partial charge in [0, 0.05) is 31.2 Å². The molecule has 0 saturated heterocycles. The summed E-state index contributed by atoms with van der Waals surface area (Å²) in [5.74, 6) is -0.280. The summed E-state index contributed by atoms with van der Waals surface area (Å²) in [5.41, 5.74) is 0.483. The summed E-state index contributed by atoms with van der Waals surface area (Å²) in [6.45, 7) is 3.39. The first-order valence-corrected chi connectivity index (χ1v) is 6.19. The minimum Gasteiger partial charge on any atom is -0.261 e. The maximum Gasteiger partial charge on any atom is 0.418 e. The Labute approximate surface area is 114 Å². The van der Waals surface area contributed by atoms with Crippen LogP contribution < -0.4 is 0 Å². The molecule has 3 nitrogen and oxygen atoms in total. The van der Waals surface area contributed by atoms with Crippen LogP contribution in [0.15, 0.2) is 30.9 Å². The summed E-state index contributed by atoms with van der Waals surface area (Å²) in [6, 6.07) is 1.15. The van der Waals surface area contributed by atoms with Crippen molar-refractivity contribution in [2.75, 3.05) is 0 Å². The summed E-state index contributed by atoms with van der Waals surface area (Å²) in [7, 11) is 0. The summed E-state index contributed by atoms with van der Waals surface area (Å²) in [6.07, 6.45) is 1.91. The summed E-state index contributed by atoms with van der Waals surface area (Å²) < 4.78 is 39.2. The Bertz CT molecular complexity index is 580. The quantitative estimate of drug-likeness (QED) is 0.862. The Morgan fingerprint density at radius 1 is 1.10 bits per heavy atom. The van der Waals surface area contributed by atoms with E-state index in [1.54, 1.807) is 13.8 Å². The van der Waals surface area contributed by atoms with Crippen molar-refractivity contribution < 1.29 is 13.2 Å². The van der Waals surface area contributed by atoms with Crippen molar-refractivity contribution in [2.24, 2.45) is 0 Å². The van der Waals surface area contributed by atoms with Crippen LogP contribution in [0.2, 0.25) is 0 Å². The van der Waals surface area contributed by atoms with Gasteiger partial charge < -0.3 is 0 Å². The molecule has 2 aromatic heterocycles. The van der Waals surface area contributed by atoms with E-state index in [1.807, 2.05) is 0 Å². The molecule has 0 bridgehead atoms. The Morgan fingerprint density at radius 2 is 1.85 bits per heavy atom. The maximum absolute atomic E-state index is 13.1. The molecule has 20 heavy (non-hydrogen) atoms. The fraction of sp³-hybridized carbons (Fsp3) is 0.357. The highest BCUT2D eigenvalue weighted by molar-refractivity contribution is 5.31. The zero-order valence-electron chi connectivity index (χ0n) is 11.1. The molecule has 106 valence electrons. The van der Waals surface area contributed by atoms with Crippen molar-refractivity contribution in [1.82, 2.24) is 15.0 Å². The van der Waals surface area contributed by atoms with Crippen LogP contribution in [0, 0.1) is 0 Å². The molecule has 0 aliphatic carbocycles. The Morgan fingerprint density at radius 3 is 2.40 bits per heavy atom. The zero-order chi connectivity index (χ0) is 14.8. The lowest BCUT2D eigenvalue weighted by atomic mass is 10.0. The number of rotatable bonds is 3. The molecule has 0 spiro atoms. The summed E-state index contributed by atoms with van der Waals surface area (Å²) >= 11 is 0. The fourth-order valence-electron chi connectivity index (χ4n) is 1.93. The van der Waals surface area contributed by atoms with E-state index in [0.29, 0.717) is 11.3 Å². The van der Waals surface area contributed by atoms with Crippen LogP contribution in [0.1, 0.15) is 42.3 Å². The third-order valence-corrected chi connectivity index (χ3v) is 2.83. The van der Waals surface area contributed by atoms with E-state index in [2.05, 4.69) is 15.0 Å². The van der Waals surface area contributed by atoms with E-state index in [-0.39, 0.29) is 18.0 Å². The molecule has 0 N–H and O–H groups in total. The lowest BCUT2D eigenvalue weighted by Crippen LogP contribution is -2.13. The van der Waals surface area contributed by atoms with Crippen LogP contribution in [0.5, 0.6) is 0 Å². The monoisotopic (exact) mass is 281 g/mol. The second kappa shape index (κ2) is 5.56. The zero-order valence-corrected chi connectivity index (χ0v) is 11.1. The van der Waals surface area contributed by atoms with E-state index in [4.69, 9.17) is 0 Å². The molecule has 6 heteroatoms. The van der Waals surface area contributed by atoms with Crippen molar-refractivity contribution in [3.05, 3.63) is 53.4 Å². The number of hydrogen-bond acceptors (Lipinski definition) is 3. The van der Waals surface area contributed by atoms with Gasteiger partial charge in [-0.05, 0) is 17.5 Å². The van der Waals surface area contributed by atoms with E-state index in [0.717, 1.165) is 6.07 Å². The highest BCUT2D eigenvalue weighted by Crippen LogP contribution is 2.34. The summed E-state index contributed by atoms with van der Waals surface area (Å²) in [5, 5.41) is 0. The Balaban J connectivity index is 2.37. The fourth-order valence-corrected chi connectivity index (χ4v) is 1.93. The number of aromatic nitrogens is 3. The van der Waals surface area contributed by atoms with Crippen LogP contribution in [-0.4, -0.2) is 15.0 Å². The molecule has 0 aromatic carbocycles. The van der Waals surface area contributed by atoms with Crippen LogP contribution in [0.4, 0.5) is 13.2 Å². The second-order valence-corrected chi connectivity index (χ2v) is 4.80. The highest BCUT2D eigenvalue weighted by atomic mass is 19.4. The van der Waals surface area contributed by atoms with Gasteiger partial charge in [-0.3, -0.25) is 15.0 Å². The van der Waals surface area contributed by atoms with Gasteiger partial charge in [0.1, 0.15) is 0 Å². The van der Waals surface area contributed by atoms with Gasteiger partial charge in [-0.1, -0.05) is 13.8 Å². The van der Waals surface area contributed by atoms with Crippen LogP contribution in [0.3, 0.4) is 0 Å². The number of pyridine rings is 1. The lowest BCUT2D eigenvalue weighted by Gasteiger charge is -2.15. The van der Waals surface area contributed by atoms with Gasteiger partial charge in [-0.15, -0.1) is 0 Å². The normalized spacial score (nSPS) is 11.9. The third-order valence-electron chi connectivity index (χ3n) is 2.83. The van der Waals surface area contributed by atoms with Crippen molar-refractivity contribution in [3.63, 3.8) is 0 Å². The Kier molecular flexibility index (Phi) is 4.01. The highest BCUT2D eigenvalue weighted by Gasteiger charge is 2.35. The smallest absolute Gasteiger partial charge is 0.261 e. The third kappa shape index (κ3) is 3.31. The Hall–Kier alpha value is -1.98. The maximum atomic E-state index is 13.1. The predicted molar refractivity (Wildman–Crippen MR) is 68.2 cm³/mol. The molecular formula is C14H14F3N3.